The molecule has 2 aromatic rings. The molecule has 0 radical (unpaired) electrons. The van der Waals surface area contributed by atoms with Crippen LogP contribution in [0.4, 0.5) is 11.4 Å². The number of aromatic amines is 1. The molecule has 3 heterocycles. The standard InChI is InChI=1S/C22H31N7O/c1-22(20-16(7-9-25-21(20)30)15-19(27-22)24-10-8-23)26-17-3-5-18(6-4-17)29-13-11-28(2)12-14-29/h3-7,9,15,24,26-27H,8,10-14,23H2,1-2H3,(H,25,30). The number of H-pyrrole nitrogens is 1. The van der Waals surface area contributed by atoms with Gasteiger partial charge in [0.25, 0.3) is 5.56 Å². The Morgan fingerprint density at radius 2 is 1.87 bits per heavy atom. The number of pyridine rings is 1. The van der Waals surface area contributed by atoms with Crippen molar-refractivity contribution in [2.45, 2.75) is 12.6 Å². The maximum absolute atomic E-state index is 12.7. The Morgan fingerprint density at radius 1 is 1.13 bits per heavy atom. The molecule has 1 aromatic carbocycles. The molecule has 1 aromatic heterocycles. The van der Waals surface area contributed by atoms with E-state index in [0.717, 1.165) is 43.3 Å². The van der Waals surface area contributed by atoms with Gasteiger partial charge in [0.05, 0.1) is 5.56 Å². The van der Waals surface area contributed by atoms with Crippen LogP contribution in [0.2, 0.25) is 0 Å². The van der Waals surface area contributed by atoms with E-state index in [4.69, 9.17) is 5.73 Å². The van der Waals surface area contributed by atoms with Gasteiger partial charge in [-0.15, -0.1) is 0 Å². The molecule has 8 heteroatoms. The van der Waals surface area contributed by atoms with E-state index in [1.807, 2.05) is 19.1 Å². The van der Waals surface area contributed by atoms with Crippen LogP contribution in [0.15, 0.2) is 47.1 Å². The van der Waals surface area contributed by atoms with Crippen molar-refractivity contribution < 1.29 is 0 Å². The number of hydrogen-bond acceptors (Lipinski definition) is 7. The van der Waals surface area contributed by atoms with Crippen LogP contribution in [-0.4, -0.2) is 56.2 Å². The molecule has 0 amide bonds. The fourth-order valence-corrected chi connectivity index (χ4v) is 4.16. The van der Waals surface area contributed by atoms with E-state index in [1.165, 1.54) is 5.69 Å². The summed E-state index contributed by atoms with van der Waals surface area (Å²) in [4.78, 5) is 20.2. The van der Waals surface area contributed by atoms with Gasteiger partial charge in [0.2, 0.25) is 0 Å². The highest BCUT2D eigenvalue weighted by Gasteiger charge is 2.35. The molecular formula is C22H31N7O. The summed E-state index contributed by atoms with van der Waals surface area (Å²) in [6.45, 7) is 7.37. The van der Waals surface area contributed by atoms with Gasteiger partial charge < -0.3 is 36.5 Å². The molecule has 0 aliphatic carbocycles. The van der Waals surface area contributed by atoms with Crippen LogP contribution in [-0.2, 0) is 5.66 Å². The molecule has 1 saturated heterocycles. The second-order valence-corrected chi connectivity index (χ2v) is 8.12. The molecule has 1 atom stereocenters. The summed E-state index contributed by atoms with van der Waals surface area (Å²) in [5, 5.41) is 10.3. The fraction of sp³-hybridized carbons (Fsp3) is 0.409. The number of nitrogens with one attached hydrogen (secondary N) is 4. The van der Waals surface area contributed by atoms with Crippen molar-refractivity contribution >= 4 is 17.5 Å². The van der Waals surface area contributed by atoms with Crippen molar-refractivity contribution in [2.24, 2.45) is 5.73 Å². The van der Waals surface area contributed by atoms with Crippen molar-refractivity contribution in [3.63, 3.8) is 0 Å². The molecule has 2 aliphatic rings. The molecule has 6 N–H and O–H groups in total. The highest BCUT2D eigenvalue weighted by atomic mass is 16.1. The normalized spacial score (nSPS) is 21.4. The summed E-state index contributed by atoms with van der Waals surface area (Å²) in [5.74, 6) is 0.836. The number of rotatable bonds is 6. The predicted octanol–water partition coefficient (Wildman–Crippen LogP) is 0.861. The van der Waals surface area contributed by atoms with Gasteiger partial charge in [-0.1, -0.05) is 0 Å². The first-order valence-electron chi connectivity index (χ1n) is 10.5. The average Bonchev–Trinajstić information content (AvgIpc) is 2.73. The fourth-order valence-electron chi connectivity index (χ4n) is 4.16. The van der Waals surface area contributed by atoms with Gasteiger partial charge in [-0.05, 0) is 55.9 Å². The monoisotopic (exact) mass is 409 g/mol. The summed E-state index contributed by atoms with van der Waals surface area (Å²) in [5.41, 5.74) is 8.46. The summed E-state index contributed by atoms with van der Waals surface area (Å²) in [7, 11) is 2.16. The van der Waals surface area contributed by atoms with Gasteiger partial charge in [-0.25, -0.2) is 0 Å². The third-order valence-electron chi connectivity index (χ3n) is 5.77. The van der Waals surface area contributed by atoms with E-state index in [2.05, 4.69) is 62.0 Å². The number of benzene rings is 1. The summed E-state index contributed by atoms with van der Waals surface area (Å²) < 4.78 is 0. The maximum atomic E-state index is 12.7. The van der Waals surface area contributed by atoms with E-state index in [9.17, 15) is 4.79 Å². The molecule has 0 spiro atoms. The summed E-state index contributed by atoms with van der Waals surface area (Å²) in [6.07, 6.45) is 3.62. The predicted molar refractivity (Wildman–Crippen MR) is 122 cm³/mol. The van der Waals surface area contributed by atoms with Gasteiger partial charge >= 0.3 is 0 Å². The largest absolute Gasteiger partial charge is 0.371 e. The van der Waals surface area contributed by atoms with E-state index >= 15 is 0 Å². The first-order valence-corrected chi connectivity index (χ1v) is 10.5. The van der Waals surface area contributed by atoms with Gasteiger partial charge in [0.15, 0.2) is 0 Å². The zero-order chi connectivity index (χ0) is 21.1. The number of anilines is 2. The van der Waals surface area contributed by atoms with Gasteiger partial charge in [0, 0.05) is 56.8 Å². The molecule has 30 heavy (non-hydrogen) atoms. The number of piperazine rings is 1. The van der Waals surface area contributed by atoms with Crippen LogP contribution in [0.25, 0.3) is 6.08 Å². The van der Waals surface area contributed by atoms with Crippen molar-refractivity contribution in [3.05, 3.63) is 63.8 Å². The first kappa shape index (κ1) is 20.3. The quantitative estimate of drug-likeness (QED) is 0.482. The molecule has 0 saturated carbocycles. The van der Waals surface area contributed by atoms with Crippen molar-refractivity contribution in [3.8, 4) is 0 Å². The zero-order valence-corrected chi connectivity index (χ0v) is 17.7. The highest BCUT2D eigenvalue weighted by Crippen LogP contribution is 2.30. The van der Waals surface area contributed by atoms with Gasteiger partial charge in [-0.2, -0.15) is 0 Å². The minimum absolute atomic E-state index is 0.113. The Hall–Kier alpha value is -2.97. The Morgan fingerprint density at radius 3 is 2.57 bits per heavy atom. The summed E-state index contributed by atoms with van der Waals surface area (Å²) >= 11 is 0. The lowest BCUT2D eigenvalue weighted by Crippen LogP contribution is -2.53. The third-order valence-corrected chi connectivity index (χ3v) is 5.77. The Balaban J connectivity index is 1.57. The molecule has 1 unspecified atom stereocenters. The first-order chi connectivity index (χ1) is 14.5. The number of aromatic nitrogens is 1. The minimum Gasteiger partial charge on any atom is -0.371 e. The van der Waals surface area contributed by atoms with Crippen LogP contribution in [0.3, 0.4) is 0 Å². The lowest BCUT2D eigenvalue weighted by atomic mass is 9.93. The smallest absolute Gasteiger partial charge is 0.256 e. The highest BCUT2D eigenvalue weighted by molar-refractivity contribution is 5.64. The number of nitrogens with zero attached hydrogens (tertiary/aromatic N) is 2. The average molecular weight is 410 g/mol. The molecule has 2 aliphatic heterocycles. The number of fused-ring (bicyclic) bond motifs is 1. The Kier molecular flexibility index (Phi) is 5.69. The zero-order valence-electron chi connectivity index (χ0n) is 17.7. The van der Waals surface area contributed by atoms with Crippen LogP contribution < -0.4 is 32.1 Å². The lowest BCUT2D eigenvalue weighted by Gasteiger charge is -2.38. The van der Waals surface area contributed by atoms with Crippen molar-refractivity contribution in [1.82, 2.24) is 20.5 Å². The Labute approximate surface area is 177 Å². The van der Waals surface area contributed by atoms with Crippen molar-refractivity contribution in [2.75, 3.05) is 56.5 Å². The SMILES string of the molecule is CN1CCN(c2ccc(NC3(C)NC(NCCN)=Cc4cc[nH]c(=O)c43)cc2)CC1. The third kappa shape index (κ3) is 4.15. The van der Waals surface area contributed by atoms with Crippen LogP contribution in [0.1, 0.15) is 18.1 Å². The van der Waals surface area contributed by atoms with E-state index in [-0.39, 0.29) is 5.56 Å². The van der Waals surface area contributed by atoms with Crippen LogP contribution >= 0.6 is 0 Å². The topological polar surface area (TPSA) is 101 Å². The minimum atomic E-state index is -0.773. The number of likely N-dealkylation sites (N-methyl/N-ethyl adjacent to an activating group) is 1. The molecule has 0 bridgehead atoms. The second-order valence-electron chi connectivity index (χ2n) is 8.12. The van der Waals surface area contributed by atoms with Gasteiger partial charge in [-0.3, -0.25) is 4.79 Å². The molecule has 160 valence electrons. The summed E-state index contributed by atoms with van der Waals surface area (Å²) in [6, 6.07) is 10.3. The van der Waals surface area contributed by atoms with E-state index in [0.29, 0.717) is 18.7 Å². The number of nitrogens with two attached hydrogens (primary N) is 1. The van der Waals surface area contributed by atoms with E-state index < -0.39 is 5.66 Å². The van der Waals surface area contributed by atoms with Crippen LogP contribution in [0, 0.1) is 0 Å². The van der Waals surface area contributed by atoms with Gasteiger partial charge in [0.1, 0.15) is 11.5 Å². The lowest BCUT2D eigenvalue weighted by molar-refractivity contribution is 0.313. The Bertz CT molecular complexity index is 960. The molecule has 4 rings (SSSR count). The molecule has 8 nitrogen and oxygen atoms in total. The van der Waals surface area contributed by atoms with Crippen LogP contribution in [0.5, 0.6) is 0 Å². The molecular weight excluding hydrogens is 378 g/mol. The molecule has 1 fully saturated rings. The second kappa shape index (κ2) is 8.41. The number of hydrogen-bond donors (Lipinski definition) is 5. The van der Waals surface area contributed by atoms with Crippen molar-refractivity contribution in [1.29, 1.82) is 0 Å². The van der Waals surface area contributed by atoms with E-state index in [1.54, 1.807) is 6.20 Å². The maximum Gasteiger partial charge on any atom is 0.256 e.